The predicted octanol–water partition coefficient (Wildman–Crippen LogP) is 2.98. The van der Waals surface area contributed by atoms with Gasteiger partial charge in [-0.2, -0.15) is 0 Å². The van der Waals surface area contributed by atoms with Crippen molar-refractivity contribution in [3.63, 3.8) is 0 Å². The van der Waals surface area contributed by atoms with Crippen molar-refractivity contribution in [2.24, 2.45) is 5.92 Å². The first-order valence-electron chi connectivity index (χ1n) is 11.1. The lowest BCUT2D eigenvalue weighted by Gasteiger charge is -2.31. The lowest BCUT2D eigenvalue weighted by molar-refractivity contribution is -0.122. The summed E-state index contributed by atoms with van der Waals surface area (Å²) in [4.78, 5) is 39.1. The number of rotatable bonds is 7. The van der Waals surface area contributed by atoms with Gasteiger partial charge >= 0.3 is 0 Å². The van der Waals surface area contributed by atoms with Crippen LogP contribution in [0.3, 0.4) is 0 Å². The van der Waals surface area contributed by atoms with E-state index >= 15 is 0 Å². The maximum absolute atomic E-state index is 12.8. The van der Waals surface area contributed by atoms with Gasteiger partial charge in [0.05, 0.1) is 6.10 Å². The number of carbonyl (C=O) groups is 3. The largest absolute Gasteiger partial charge is 0.376 e. The summed E-state index contributed by atoms with van der Waals surface area (Å²) in [6.45, 7) is 2.44. The summed E-state index contributed by atoms with van der Waals surface area (Å²) >= 11 is 6.89. The van der Waals surface area contributed by atoms with E-state index in [2.05, 4.69) is 20.8 Å². The fraction of sp³-hybridized carbons (Fsp3) is 0.500. The maximum Gasteiger partial charge on any atom is 0.286 e. The third-order valence-corrected chi connectivity index (χ3v) is 6.96. The SMILES string of the molecule is O=C(CC1CCN(C(=O)c2nnc(C(=O)Nc3cccc(Cl)c3)s2)CC1)NC[C@H]1CCCO1. The summed E-state index contributed by atoms with van der Waals surface area (Å²) in [6.07, 6.45) is 4.14. The van der Waals surface area contributed by atoms with Gasteiger partial charge in [-0.15, -0.1) is 10.2 Å². The number of ether oxygens (including phenoxy) is 1. The molecule has 0 spiro atoms. The first kappa shape index (κ1) is 23.6. The van der Waals surface area contributed by atoms with Crippen molar-refractivity contribution in [3.8, 4) is 0 Å². The van der Waals surface area contributed by atoms with Crippen molar-refractivity contribution in [2.45, 2.75) is 38.2 Å². The van der Waals surface area contributed by atoms with Gasteiger partial charge in [-0.05, 0) is 49.8 Å². The topological polar surface area (TPSA) is 114 Å². The predicted molar refractivity (Wildman–Crippen MR) is 125 cm³/mol. The van der Waals surface area contributed by atoms with Crippen LogP contribution in [0.5, 0.6) is 0 Å². The monoisotopic (exact) mass is 491 g/mol. The van der Waals surface area contributed by atoms with E-state index < -0.39 is 5.91 Å². The number of benzene rings is 1. The Kier molecular flexibility index (Phi) is 7.89. The Bertz CT molecular complexity index is 1000. The van der Waals surface area contributed by atoms with Crippen LogP contribution in [0, 0.1) is 5.92 Å². The molecule has 1 aromatic heterocycles. The molecule has 3 heterocycles. The minimum Gasteiger partial charge on any atom is -0.376 e. The highest BCUT2D eigenvalue weighted by atomic mass is 35.5. The van der Waals surface area contributed by atoms with Crippen molar-refractivity contribution in [2.75, 3.05) is 31.6 Å². The van der Waals surface area contributed by atoms with E-state index in [0.29, 0.717) is 36.8 Å². The van der Waals surface area contributed by atoms with Crippen LogP contribution in [0.25, 0.3) is 0 Å². The van der Waals surface area contributed by atoms with Crippen molar-refractivity contribution in [1.82, 2.24) is 20.4 Å². The number of likely N-dealkylation sites (tertiary alicyclic amines) is 1. The molecule has 11 heteroatoms. The molecule has 176 valence electrons. The van der Waals surface area contributed by atoms with Gasteiger partial charge in [0.1, 0.15) is 0 Å². The molecular formula is C22H26ClN5O4S. The summed E-state index contributed by atoms with van der Waals surface area (Å²) in [5.41, 5.74) is 0.539. The van der Waals surface area contributed by atoms with Gasteiger partial charge in [0.25, 0.3) is 11.8 Å². The van der Waals surface area contributed by atoms with E-state index in [-0.39, 0.29) is 33.9 Å². The number of hydrogen-bond donors (Lipinski definition) is 2. The summed E-state index contributed by atoms with van der Waals surface area (Å²) < 4.78 is 5.53. The molecule has 3 amide bonds. The zero-order valence-electron chi connectivity index (χ0n) is 18.1. The van der Waals surface area contributed by atoms with Crippen LogP contribution in [0.15, 0.2) is 24.3 Å². The Labute approximate surface area is 200 Å². The third-order valence-electron chi connectivity index (χ3n) is 5.81. The van der Waals surface area contributed by atoms with Gasteiger partial charge < -0.3 is 20.3 Å². The summed E-state index contributed by atoms with van der Waals surface area (Å²) in [6, 6.07) is 6.77. The van der Waals surface area contributed by atoms with Crippen molar-refractivity contribution >= 4 is 46.3 Å². The third kappa shape index (κ3) is 6.49. The molecule has 0 unspecified atom stereocenters. The lowest BCUT2D eigenvalue weighted by atomic mass is 9.93. The number of piperidine rings is 1. The molecule has 2 N–H and O–H groups in total. The molecule has 2 saturated heterocycles. The Morgan fingerprint density at radius 1 is 1.15 bits per heavy atom. The second kappa shape index (κ2) is 11.0. The molecule has 1 atom stereocenters. The lowest BCUT2D eigenvalue weighted by Crippen LogP contribution is -2.40. The van der Waals surface area contributed by atoms with Crippen LogP contribution in [0.2, 0.25) is 5.02 Å². The maximum atomic E-state index is 12.8. The minimum atomic E-state index is -0.443. The van der Waals surface area contributed by atoms with Crippen molar-refractivity contribution in [3.05, 3.63) is 39.3 Å². The molecule has 1 aromatic carbocycles. The number of hydrogen-bond acceptors (Lipinski definition) is 7. The van der Waals surface area contributed by atoms with E-state index in [9.17, 15) is 14.4 Å². The van der Waals surface area contributed by atoms with Crippen LogP contribution in [0.1, 0.15) is 51.7 Å². The first-order valence-corrected chi connectivity index (χ1v) is 12.3. The molecule has 2 aliphatic rings. The standard InChI is InChI=1S/C22H26ClN5O4S/c23-15-3-1-4-16(12-15)25-19(30)20-26-27-21(33-20)22(31)28-8-6-14(7-9-28)11-18(29)24-13-17-5-2-10-32-17/h1,3-4,12,14,17H,2,5-11,13H2,(H,24,29)(H,25,30)/t17-/m1/s1. The number of nitrogens with one attached hydrogen (secondary N) is 2. The Hall–Kier alpha value is -2.56. The highest BCUT2D eigenvalue weighted by molar-refractivity contribution is 7.15. The average Bonchev–Trinajstić information content (AvgIpc) is 3.50. The normalized spacial score (nSPS) is 18.8. The minimum absolute atomic E-state index is 0.0368. The number of halogens is 1. The first-order chi connectivity index (χ1) is 16.0. The fourth-order valence-corrected chi connectivity index (χ4v) is 4.89. The quantitative estimate of drug-likeness (QED) is 0.615. The highest BCUT2D eigenvalue weighted by Crippen LogP contribution is 2.23. The average molecular weight is 492 g/mol. The van der Waals surface area contributed by atoms with Crippen LogP contribution in [-0.2, 0) is 9.53 Å². The molecule has 0 aliphatic carbocycles. The zero-order valence-corrected chi connectivity index (χ0v) is 19.7. The number of nitrogens with zero attached hydrogens (tertiary/aromatic N) is 3. The van der Waals surface area contributed by atoms with Crippen LogP contribution >= 0.6 is 22.9 Å². The molecule has 4 rings (SSSR count). The van der Waals surface area contributed by atoms with Crippen molar-refractivity contribution < 1.29 is 19.1 Å². The van der Waals surface area contributed by atoms with E-state index in [1.54, 1.807) is 29.2 Å². The van der Waals surface area contributed by atoms with Crippen LogP contribution in [-0.4, -0.2) is 65.2 Å². The molecule has 2 aliphatic heterocycles. The van der Waals surface area contributed by atoms with Gasteiger partial charge in [0.2, 0.25) is 15.9 Å². The smallest absolute Gasteiger partial charge is 0.286 e. The molecule has 0 saturated carbocycles. The molecule has 2 aromatic rings. The van der Waals surface area contributed by atoms with Crippen LogP contribution in [0.4, 0.5) is 5.69 Å². The van der Waals surface area contributed by atoms with E-state index in [1.165, 1.54) is 0 Å². The number of amides is 3. The fourth-order valence-electron chi connectivity index (χ4n) is 3.99. The number of anilines is 1. The Balaban J connectivity index is 1.23. The van der Waals surface area contributed by atoms with E-state index in [1.807, 2.05) is 0 Å². The number of aromatic nitrogens is 2. The molecule has 9 nitrogen and oxygen atoms in total. The molecule has 0 radical (unpaired) electrons. The van der Waals surface area contributed by atoms with Gasteiger partial charge in [-0.25, -0.2) is 0 Å². The van der Waals surface area contributed by atoms with Crippen molar-refractivity contribution in [1.29, 1.82) is 0 Å². The van der Waals surface area contributed by atoms with E-state index in [4.69, 9.17) is 16.3 Å². The highest BCUT2D eigenvalue weighted by Gasteiger charge is 2.28. The van der Waals surface area contributed by atoms with Gasteiger partial charge in [-0.1, -0.05) is 29.0 Å². The summed E-state index contributed by atoms with van der Waals surface area (Å²) in [5.74, 6) is -0.404. The second-order valence-corrected chi connectivity index (χ2v) is 9.67. The molecule has 33 heavy (non-hydrogen) atoms. The van der Waals surface area contributed by atoms with Gasteiger partial charge in [0.15, 0.2) is 0 Å². The summed E-state index contributed by atoms with van der Waals surface area (Å²) in [5, 5.41) is 14.2. The second-order valence-electron chi connectivity index (χ2n) is 8.26. The summed E-state index contributed by atoms with van der Waals surface area (Å²) in [7, 11) is 0. The molecule has 2 fully saturated rings. The Morgan fingerprint density at radius 2 is 1.94 bits per heavy atom. The number of carbonyl (C=O) groups excluding carboxylic acids is 3. The zero-order chi connectivity index (χ0) is 23.2. The van der Waals surface area contributed by atoms with Gasteiger partial charge in [-0.3, -0.25) is 14.4 Å². The van der Waals surface area contributed by atoms with Gasteiger partial charge in [0, 0.05) is 43.4 Å². The Morgan fingerprint density at radius 3 is 2.67 bits per heavy atom. The van der Waals surface area contributed by atoms with Crippen LogP contribution < -0.4 is 10.6 Å². The van der Waals surface area contributed by atoms with E-state index in [0.717, 1.165) is 43.6 Å². The molecular weight excluding hydrogens is 466 g/mol. The molecule has 0 bridgehead atoms.